The first kappa shape index (κ1) is 15.8. The van der Waals surface area contributed by atoms with Crippen molar-refractivity contribution in [3.05, 3.63) is 46.9 Å². The van der Waals surface area contributed by atoms with Crippen LogP contribution in [0.15, 0.2) is 35.6 Å². The summed E-state index contributed by atoms with van der Waals surface area (Å²) in [4.78, 5) is 14.4. The minimum absolute atomic E-state index is 0.126. The molecule has 3 heterocycles. The summed E-state index contributed by atoms with van der Waals surface area (Å²) in [6, 6.07) is 5.61. The van der Waals surface area contributed by atoms with Crippen molar-refractivity contribution in [2.45, 2.75) is 25.0 Å². The molecule has 1 saturated heterocycles. The first-order valence-electron chi connectivity index (χ1n) is 7.96. The van der Waals surface area contributed by atoms with Gasteiger partial charge in [-0.25, -0.2) is 0 Å². The van der Waals surface area contributed by atoms with Crippen LogP contribution in [-0.2, 0) is 6.54 Å². The highest BCUT2D eigenvalue weighted by Crippen LogP contribution is 2.34. The Balaban J connectivity index is 1.63. The molecule has 1 unspecified atom stereocenters. The Morgan fingerprint density at radius 2 is 2.27 bits per heavy atom. The number of piperidine rings is 1. The lowest BCUT2D eigenvalue weighted by Gasteiger charge is -2.43. The first-order chi connectivity index (χ1) is 10.7. The van der Waals surface area contributed by atoms with Crippen LogP contribution in [-0.4, -0.2) is 51.8 Å². The molecule has 2 bridgehead atoms. The molecule has 0 saturated carbocycles. The summed E-state index contributed by atoms with van der Waals surface area (Å²) in [5.41, 5.74) is 1.30. The second-order valence-corrected chi connectivity index (χ2v) is 7.47. The maximum atomic E-state index is 12.0. The van der Waals surface area contributed by atoms with E-state index in [0.29, 0.717) is 11.8 Å². The van der Waals surface area contributed by atoms with Gasteiger partial charge >= 0.3 is 0 Å². The van der Waals surface area contributed by atoms with Crippen molar-refractivity contribution < 1.29 is 5.11 Å². The van der Waals surface area contributed by atoms with E-state index in [1.54, 1.807) is 17.8 Å². The molecule has 0 spiro atoms. The second kappa shape index (κ2) is 7.02. The van der Waals surface area contributed by atoms with Crippen LogP contribution in [0.3, 0.4) is 0 Å². The zero-order valence-corrected chi connectivity index (χ0v) is 13.7. The average molecular weight is 320 g/mol. The summed E-state index contributed by atoms with van der Waals surface area (Å²) in [5.74, 6) is 2.60. The molecule has 1 N–H and O–H groups in total. The summed E-state index contributed by atoms with van der Waals surface area (Å²) in [5, 5.41) is 10.2. The predicted molar refractivity (Wildman–Crippen MR) is 91.5 cm³/mol. The Morgan fingerprint density at radius 3 is 3.09 bits per heavy atom. The smallest absolute Gasteiger partial charge is 0.250 e. The topological polar surface area (TPSA) is 45.5 Å². The molecule has 2 aliphatic heterocycles. The molecule has 1 fully saturated rings. The minimum atomic E-state index is -0.290. The van der Waals surface area contributed by atoms with Gasteiger partial charge in [-0.05, 0) is 18.4 Å². The lowest BCUT2D eigenvalue weighted by atomic mass is 9.83. The van der Waals surface area contributed by atoms with Gasteiger partial charge < -0.3 is 9.67 Å². The van der Waals surface area contributed by atoms with Gasteiger partial charge in [0.15, 0.2) is 0 Å². The average Bonchev–Trinajstić information content (AvgIpc) is 2.48. The number of pyridine rings is 1. The zero-order chi connectivity index (χ0) is 15.5. The Labute approximate surface area is 135 Å². The largest absolute Gasteiger partial charge is 0.391 e. The number of nitrogens with zero attached hydrogens (tertiary/aromatic N) is 2. The SMILES string of the molecule is C=CCSCC(O)CN1C[C@H]2C[C@@H](C1)c1cccc(=O)n1C2. The molecule has 2 aliphatic rings. The molecule has 0 radical (unpaired) electrons. The second-order valence-electron chi connectivity index (χ2n) is 6.40. The fraction of sp³-hybridized carbons (Fsp3) is 0.588. The number of likely N-dealkylation sites (tertiary alicyclic amines) is 1. The maximum Gasteiger partial charge on any atom is 0.250 e. The molecule has 3 atom stereocenters. The van der Waals surface area contributed by atoms with Crippen molar-refractivity contribution >= 4 is 11.8 Å². The Morgan fingerprint density at radius 1 is 1.41 bits per heavy atom. The van der Waals surface area contributed by atoms with Gasteiger partial charge in [0.25, 0.3) is 5.56 Å². The fourth-order valence-electron chi connectivity index (χ4n) is 3.78. The third-order valence-electron chi connectivity index (χ3n) is 4.57. The van der Waals surface area contributed by atoms with Crippen molar-refractivity contribution in [1.82, 2.24) is 9.47 Å². The number of fused-ring (bicyclic) bond motifs is 4. The number of hydrogen-bond acceptors (Lipinski definition) is 4. The highest BCUT2D eigenvalue weighted by molar-refractivity contribution is 7.99. The maximum absolute atomic E-state index is 12.0. The Hall–Kier alpha value is -1.04. The summed E-state index contributed by atoms with van der Waals surface area (Å²) < 4.78 is 1.95. The zero-order valence-electron chi connectivity index (χ0n) is 12.9. The molecule has 0 aromatic carbocycles. The minimum Gasteiger partial charge on any atom is -0.391 e. The van der Waals surface area contributed by atoms with Gasteiger partial charge in [-0.1, -0.05) is 12.1 Å². The molecular formula is C17H24N2O2S. The monoisotopic (exact) mass is 320 g/mol. The lowest BCUT2D eigenvalue weighted by molar-refractivity contribution is 0.0717. The van der Waals surface area contributed by atoms with Crippen LogP contribution in [0.1, 0.15) is 18.0 Å². The molecule has 22 heavy (non-hydrogen) atoms. The number of aliphatic hydroxyl groups excluding tert-OH is 1. The molecule has 5 heteroatoms. The number of aromatic nitrogens is 1. The molecule has 0 amide bonds. The van der Waals surface area contributed by atoms with E-state index in [1.165, 1.54) is 12.1 Å². The van der Waals surface area contributed by atoms with E-state index in [2.05, 4.69) is 17.5 Å². The quantitative estimate of drug-likeness (QED) is 0.638. The van der Waals surface area contributed by atoms with Crippen LogP contribution in [0.2, 0.25) is 0 Å². The number of aliphatic hydroxyl groups is 1. The van der Waals surface area contributed by atoms with Gasteiger partial charge in [-0.3, -0.25) is 9.69 Å². The van der Waals surface area contributed by atoms with Gasteiger partial charge in [-0.2, -0.15) is 11.8 Å². The van der Waals surface area contributed by atoms with Gasteiger partial charge in [0.05, 0.1) is 6.10 Å². The standard InChI is InChI=1S/C17H24N2O2S/c1-2-6-22-12-15(20)11-18-8-13-7-14(10-18)16-4-3-5-17(21)19(16)9-13/h2-5,13-15,20H,1,6-12H2/t13-,14+,15?/m1/s1. The van der Waals surface area contributed by atoms with Gasteiger partial charge in [0, 0.05) is 55.4 Å². The number of thioether (sulfide) groups is 1. The summed E-state index contributed by atoms with van der Waals surface area (Å²) in [6.07, 6.45) is 2.75. The molecular weight excluding hydrogens is 296 g/mol. The molecule has 4 nitrogen and oxygen atoms in total. The van der Waals surface area contributed by atoms with Gasteiger partial charge in [-0.15, -0.1) is 6.58 Å². The first-order valence-corrected chi connectivity index (χ1v) is 9.11. The number of β-amino-alcohol motifs (C(OH)–C–C–N with tert-alkyl or cyclic N) is 1. The van der Waals surface area contributed by atoms with Gasteiger partial charge in [0.1, 0.15) is 0 Å². The van der Waals surface area contributed by atoms with Crippen LogP contribution in [0.4, 0.5) is 0 Å². The Kier molecular flexibility index (Phi) is 5.06. The van der Waals surface area contributed by atoms with Crippen molar-refractivity contribution in [2.24, 2.45) is 5.92 Å². The van der Waals surface area contributed by atoms with Crippen LogP contribution in [0, 0.1) is 5.92 Å². The molecule has 1 aromatic heterocycles. The number of rotatable bonds is 6. The summed E-state index contributed by atoms with van der Waals surface area (Å²) in [6.45, 7) is 7.19. The van der Waals surface area contributed by atoms with E-state index < -0.39 is 0 Å². The highest BCUT2D eigenvalue weighted by atomic mass is 32.2. The highest BCUT2D eigenvalue weighted by Gasteiger charge is 2.34. The molecule has 1 aromatic rings. The van der Waals surface area contributed by atoms with Crippen molar-refractivity contribution in [2.75, 3.05) is 31.1 Å². The van der Waals surface area contributed by atoms with Crippen LogP contribution >= 0.6 is 11.8 Å². The van der Waals surface area contributed by atoms with E-state index in [1.807, 2.05) is 16.7 Å². The predicted octanol–water partition coefficient (Wildman–Crippen LogP) is 1.55. The third kappa shape index (κ3) is 3.47. The molecule has 0 aliphatic carbocycles. The number of hydrogen-bond donors (Lipinski definition) is 1. The van der Waals surface area contributed by atoms with Crippen molar-refractivity contribution in [3.8, 4) is 0 Å². The van der Waals surface area contributed by atoms with Crippen molar-refractivity contribution in [1.29, 1.82) is 0 Å². The van der Waals surface area contributed by atoms with Crippen LogP contribution in [0.5, 0.6) is 0 Å². The Bertz CT molecular complexity index is 586. The van der Waals surface area contributed by atoms with E-state index in [0.717, 1.165) is 37.7 Å². The molecule has 3 rings (SSSR count). The summed E-state index contributed by atoms with van der Waals surface area (Å²) >= 11 is 1.72. The van der Waals surface area contributed by atoms with E-state index >= 15 is 0 Å². The lowest BCUT2D eigenvalue weighted by Crippen LogP contribution is -2.49. The molecule has 120 valence electrons. The summed E-state index contributed by atoms with van der Waals surface area (Å²) in [7, 11) is 0. The van der Waals surface area contributed by atoms with Crippen LogP contribution in [0.25, 0.3) is 0 Å². The fourth-order valence-corrected chi connectivity index (χ4v) is 4.46. The normalized spacial score (nSPS) is 25.5. The van der Waals surface area contributed by atoms with Crippen LogP contribution < -0.4 is 5.56 Å². The van der Waals surface area contributed by atoms with Gasteiger partial charge in [0.2, 0.25) is 0 Å². The third-order valence-corrected chi connectivity index (χ3v) is 5.66. The van der Waals surface area contributed by atoms with Crippen molar-refractivity contribution in [3.63, 3.8) is 0 Å². The van der Waals surface area contributed by atoms with E-state index in [-0.39, 0.29) is 11.7 Å². The van der Waals surface area contributed by atoms with E-state index in [9.17, 15) is 9.90 Å². The van der Waals surface area contributed by atoms with E-state index in [4.69, 9.17) is 0 Å².